The van der Waals surface area contributed by atoms with Crippen molar-refractivity contribution < 1.29 is 17.9 Å². The number of rotatable bonds is 5. The van der Waals surface area contributed by atoms with Crippen molar-refractivity contribution in [3.63, 3.8) is 0 Å². The van der Waals surface area contributed by atoms with Crippen LogP contribution in [0.2, 0.25) is 0 Å². The number of carbonyl (C=O) groups is 1. The predicted octanol–water partition coefficient (Wildman–Crippen LogP) is 4.03. The van der Waals surface area contributed by atoms with E-state index in [1.165, 1.54) is 0 Å². The number of ether oxygens (including phenoxy) is 1. The second-order valence-electron chi connectivity index (χ2n) is 7.44. The zero-order chi connectivity index (χ0) is 21.0. The molecule has 0 radical (unpaired) electrons. The Morgan fingerprint density at radius 3 is 2.37 bits per heavy atom. The van der Waals surface area contributed by atoms with Gasteiger partial charge in [0, 0.05) is 25.0 Å². The third kappa shape index (κ3) is 4.63. The SMILES string of the molecule is O=C(Oc1ccccc1)N1CCC(CNS(=O)(=O)c2cccc3ccccc23)CC1. The number of amides is 1. The highest BCUT2D eigenvalue weighted by Gasteiger charge is 2.26. The Bertz CT molecular complexity index is 1120. The molecule has 156 valence electrons. The number of sulfonamides is 1. The molecule has 1 N–H and O–H groups in total. The maximum Gasteiger partial charge on any atom is 0.415 e. The first kappa shape index (κ1) is 20.4. The summed E-state index contributed by atoms with van der Waals surface area (Å²) >= 11 is 0. The summed E-state index contributed by atoms with van der Waals surface area (Å²) in [7, 11) is -3.61. The number of benzene rings is 3. The molecule has 1 amide bonds. The summed E-state index contributed by atoms with van der Waals surface area (Å²) in [5, 5.41) is 1.61. The quantitative estimate of drug-likeness (QED) is 0.671. The van der Waals surface area contributed by atoms with E-state index in [2.05, 4.69) is 4.72 Å². The highest BCUT2D eigenvalue weighted by molar-refractivity contribution is 7.89. The van der Waals surface area contributed by atoms with Gasteiger partial charge in [-0.1, -0.05) is 54.6 Å². The normalized spacial score (nSPS) is 15.3. The zero-order valence-electron chi connectivity index (χ0n) is 16.5. The van der Waals surface area contributed by atoms with Crippen molar-refractivity contribution in [2.24, 2.45) is 5.92 Å². The monoisotopic (exact) mass is 424 g/mol. The number of hydrogen-bond acceptors (Lipinski definition) is 4. The van der Waals surface area contributed by atoms with Gasteiger partial charge in [0.1, 0.15) is 5.75 Å². The summed E-state index contributed by atoms with van der Waals surface area (Å²) in [6.45, 7) is 1.45. The van der Waals surface area contributed by atoms with Crippen molar-refractivity contribution in [1.29, 1.82) is 0 Å². The number of hydrogen-bond donors (Lipinski definition) is 1. The van der Waals surface area contributed by atoms with E-state index in [1.807, 2.05) is 48.5 Å². The lowest BCUT2D eigenvalue weighted by molar-refractivity contribution is 0.131. The smallest absolute Gasteiger partial charge is 0.410 e. The van der Waals surface area contributed by atoms with Crippen LogP contribution in [0.1, 0.15) is 12.8 Å². The molecular weight excluding hydrogens is 400 g/mol. The lowest BCUT2D eigenvalue weighted by atomic mass is 9.97. The molecule has 4 rings (SSSR count). The molecule has 0 saturated carbocycles. The number of fused-ring (bicyclic) bond motifs is 1. The fourth-order valence-corrected chi connectivity index (χ4v) is 5.05. The van der Waals surface area contributed by atoms with Crippen LogP contribution in [0.25, 0.3) is 10.8 Å². The summed E-state index contributed by atoms with van der Waals surface area (Å²) in [5.74, 6) is 0.697. The van der Waals surface area contributed by atoms with E-state index in [0.29, 0.717) is 35.7 Å². The Morgan fingerprint density at radius 2 is 1.60 bits per heavy atom. The lowest BCUT2D eigenvalue weighted by Crippen LogP contribution is -2.42. The van der Waals surface area contributed by atoms with Crippen LogP contribution in [0.4, 0.5) is 4.79 Å². The first-order valence-electron chi connectivity index (χ1n) is 10.0. The molecule has 1 aliphatic heterocycles. The standard InChI is InChI=1S/C23H24N2O4S/c26-23(29-20-9-2-1-3-10-20)25-15-13-18(14-16-25)17-24-30(27,28)22-12-6-8-19-7-4-5-11-21(19)22/h1-12,18,24H,13-17H2. The van der Waals surface area contributed by atoms with Crippen molar-refractivity contribution in [3.05, 3.63) is 72.8 Å². The topological polar surface area (TPSA) is 75.7 Å². The largest absolute Gasteiger partial charge is 0.415 e. The van der Waals surface area contributed by atoms with E-state index in [0.717, 1.165) is 18.2 Å². The number of nitrogens with one attached hydrogen (secondary N) is 1. The molecule has 0 unspecified atom stereocenters. The molecule has 6 nitrogen and oxygen atoms in total. The molecule has 0 aromatic heterocycles. The molecule has 7 heteroatoms. The summed E-state index contributed by atoms with van der Waals surface area (Å²) in [4.78, 5) is 14.3. The summed E-state index contributed by atoms with van der Waals surface area (Å²) < 4.78 is 33.9. The van der Waals surface area contributed by atoms with Crippen molar-refractivity contribution in [2.75, 3.05) is 19.6 Å². The Hall–Kier alpha value is -2.90. The van der Waals surface area contributed by atoms with E-state index in [-0.39, 0.29) is 12.0 Å². The molecule has 1 fully saturated rings. The molecule has 1 aliphatic rings. The summed E-state index contributed by atoms with van der Waals surface area (Å²) in [5.41, 5.74) is 0. The first-order chi connectivity index (χ1) is 14.5. The minimum absolute atomic E-state index is 0.176. The fraction of sp³-hybridized carbons (Fsp3) is 0.261. The van der Waals surface area contributed by atoms with Crippen LogP contribution in [0.15, 0.2) is 77.7 Å². The van der Waals surface area contributed by atoms with Gasteiger partial charge in [0.2, 0.25) is 10.0 Å². The summed E-state index contributed by atoms with van der Waals surface area (Å²) in [6.07, 6.45) is 1.08. The molecule has 30 heavy (non-hydrogen) atoms. The van der Waals surface area contributed by atoms with E-state index in [9.17, 15) is 13.2 Å². The Labute approximate surface area is 176 Å². The van der Waals surface area contributed by atoms with Gasteiger partial charge >= 0.3 is 6.09 Å². The second-order valence-corrected chi connectivity index (χ2v) is 9.18. The van der Waals surface area contributed by atoms with Gasteiger partial charge in [-0.3, -0.25) is 0 Å². The maximum absolute atomic E-state index is 12.9. The Kier molecular flexibility index (Phi) is 6.01. The number of para-hydroxylation sites is 1. The number of nitrogens with zero attached hydrogens (tertiary/aromatic N) is 1. The van der Waals surface area contributed by atoms with Gasteiger partial charge in [0.25, 0.3) is 0 Å². The highest BCUT2D eigenvalue weighted by Crippen LogP contribution is 2.24. The maximum atomic E-state index is 12.9. The molecule has 0 spiro atoms. The molecule has 0 aliphatic carbocycles. The van der Waals surface area contributed by atoms with E-state index >= 15 is 0 Å². The van der Waals surface area contributed by atoms with Crippen molar-refractivity contribution >= 4 is 26.9 Å². The van der Waals surface area contributed by atoms with Gasteiger partial charge in [-0.15, -0.1) is 0 Å². The molecule has 0 atom stereocenters. The summed E-state index contributed by atoms with van der Waals surface area (Å²) in [6, 6.07) is 21.7. The Morgan fingerprint density at radius 1 is 0.933 bits per heavy atom. The van der Waals surface area contributed by atoms with Gasteiger partial charge in [-0.2, -0.15) is 0 Å². The number of carbonyl (C=O) groups excluding carboxylic acids is 1. The van der Waals surface area contributed by atoms with Gasteiger partial charge in [-0.05, 0) is 42.3 Å². The molecule has 3 aromatic carbocycles. The van der Waals surface area contributed by atoms with E-state index < -0.39 is 10.0 Å². The van der Waals surface area contributed by atoms with Gasteiger partial charge in [0.15, 0.2) is 0 Å². The average molecular weight is 425 g/mol. The van der Waals surface area contributed by atoms with Crippen LogP contribution in [0.3, 0.4) is 0 Å². The van der Waals surface area contributed by atoms with Gasteiger partial charge in [-0.25, -0.2) is 17.9 Å². The van der Waals surface area contributed by atoms with E-state index in [1.54, 1.807) is 29.2 Å². The molecular formula is C23H24N2O4S. The number of likely N-dealkylation sites (tertiary alicyclic amines) is 1. The van der Waals surface area contributed by atoms with Crippen molar-refractivity contribution in [1.82, 2.24) is 9.62 Å². The van der Waals surface area contributed by atoms with Crippen molar-refractivity contribution in [2.45, 2.75) is 17.7 Å². The molecule has 1 heterocycles. The van der Waals surface area contributed by atoms with Gasteiger partial charge in [0.05, 0.1) is 4.90 Å². The van der Waals surface area contributed by atoms with Gasteiger partial charge < -0.3 is 9.64 Å². The minimum atomic E-state index is -3.61. The first-order valence-corrected chi connectivity index (χ1v) is 11.5. The van der Waals surface area contributed by atoms with Crippen LogP contribution in [-0.4, -0.2) is 39.0 Å². The third-order valence-electron chi connectivity index (χ3n) is 5.42. The Balaban J connectivity index is 1.32. The van der Waals surface area contributed by atoms with Crippen LogP contribution < -0.4 is 9.46 Å². The second kappa shape index (κ2) is 8.85. The molecule has 1 saturated heterocycles. The molecule has 0 bridgehead atoms. The van der Waals surface area contributed by atoms with E-state index in [4.69, 9.17) is 4.74 Å². The van der Waals surface area contributed by atoms with Crippen LogP contribution in [0.5, 0.6) is 5.75 Å². The predicted molar refractivity (Wildman–Crippen MR) is 116 cm³/mol. The highest BCUT2D eigenvalue weighted by atomic mass is 32.2. The average Bonchev–Trinajstić information content (AvgIpc) is 2.78. The number of piperidine rings is 1. The molecule has 3 aromatic rings. The lowest BCUT2D eigenvalue weighted by Gasteiger charge is -2.31. The van der Waals surface area contributed by atoms with Crippen LogP contribution >= 0.6 is 0 Å². The van der Waals surface area contributed by atoms with Crippen molar-refractivity contribution in [3.8, 4) is 5.75 Å². The third-order valence-corrected chi connectivity index (χ3v) is 6.90. The minimum Gasteiger partial charge on any atom is -0.410 e. The van der Waals surface area contributed by atoms with Crippen LogP contribution in [-0.2, 0) is 10.0 Å². The fourth-order valence-electron chi connectivity index (χ4n) is 3.71. The zero-order valence-corrected chi connectivity index (χ0v) is 17.3. The van der Waals surface area contributed by atoms with Crippen LogP contribution in [0, 0.1) is 5.92 Å².